The quantitative estimate of drug-likeness (QED) is 0.613. The summed E-state index contributed by atoms with van der Waals surface area (Å²) in [5.41, 5.74) is 0.861. The van der Waals surface area contributed by atoms with Gasteiger partial charge < -0.3 is 10.0 Å². The molecule has 0 fully saturated rings. The van der Waals surface area contributed by atoms with Gasteiger partial charge in [0.05, 0.1) is 6.04 Å². The number of carboxylic acids is 1. The summed E-state index contributed by atoms with van der Waals surface area (Å²) in [6.45, 7) is 5.41. The number of ketones is 1. The Morgan fingerprint density at radius 3 is 2.74 bits per heavy atom. The summed E-state index contributed by atoms with van der Waals surface area (Å²) in [6.07, 6.45) is 7.55. The maximum absolute atomic E-state index is 12.0. The van der Waals surface area contributed by atoms with Gasteiger partial charge in [0.15, 0.2) is 5.78 Å². The molecule has 1 rings (SSSR count). The SMILES string of the molecule is C=C/C=C\C1=CCC(N(CC)C(=O)C(=O)O)C(=O)C1. The predicted octanol–water partition coefficient (Wildman–Crippen LogP) is 1.32. The molecule has 0 heterocycles. The van der Waals surface area contributed by atoms with Crippen molar-refractivity contribution in [3.05, 3.63) is 36.5 Å². The zero-order chi connectivity index (χ0) is 14.4. The average molecular weight is 263 g/mol. The van der Waals surface area contributed by atoms with Gasteiger partial charge in [-0.05, 0) is 18.9 Å². The maximum Gasteiger partial charge on any atom is 0.394 e. The summed E-state index contributed by atoms with van der Waals surface area (Å²) in [7, 11) is 0. The molecular weight excluding hydrogens is 246 g/mol. The first kappa shape index (κ1) is 14.9. The van der Waals surface area contributed by atoms with Crippen LogP contribution in [0.3, 0.4) is 0 Å². The van der Waals surface area contributed by atoms with Crippen LogP contribution >= 0.6 is 0 Å². The van der Waals surface area contributed by atoms with Crippen LogP contribution in [0, 0.1) is 0 Å². The highest BCUT2D eigenvalue weighted by Gasteiger charge is 2.33. The van der Waals surface area contributed by atoms with Crippen LogP contribution in [0.5, 0.6) is 0 Å². The molecule has 1 unspecified atom stereocenters. The van der Waals surface area contributed by atoms with Gasteiger partial charge in [0.2, 0.25) is 0 Å². The fourth-order valence-electron chi connectivity index (χ4n) is 2.03. The highest BCUT2D eigenvalue weighted by atomic mass is 16.4. The molecule has 0 aromatic heterocycles. The van der Waals surface area contributed by atoms with Gasteiger partial charge in [0.25, 0.3) is 0 Å². The summed E-state index contributed by atoms with van der Waals surface area (Å²) < 4.78 is 0. The van der Waals surface area contributed by atoms with Crippen LogP contribution < -0.4 is 0 Å². The zero-order valence-electron chi connectivity index (χ0n) is 10.8. The Kier molecular flexibility index (Phi) is 5.23. The topological polar surface area (TPSA) is 74.7 Å². The number of carbonyl (C=O) groups is 3. The van der Waals surface area contributed by atoms with E-state index in [1.165, 1.54) is 0 Å². The van der Waals surface area contributed by atoms with Gasteiger partial charge in [-0.2, -0.15) is 0 Å². The Morgan fingerprint density at radius 2 is 2.26 bits per heavy atom. The average Bonchev–Trinajstić information content (AvgIpc) is 2.39. The Bertz CT molecular complexity index is 462. The van der Waals surface area contributed by atoms with E-state index in [2.05, 4.69) is 6.58 Å². The first-order valence-corrected chi connectivity index (χ1v) is 6.06. The third kappa shape index (κ3) is 3.64. The predicted molar refractivity (Wildman–Crippen MR) is 70.5 cm³/mol. The number of rotatable bonds is 4. The fourth-order valence-corrected chi connectivity index (χ4v) is 2.03. The van der Waals surface area contributed by atoms with Crippen molar-refractivity contribution in [1.29, 1.82) is 0 Å². The van der Waals surface area contributed by atoms with Gasteiger partial charge in [0, 0.05) is 13.0 Å². The minimum Gasteiger partial charge on any atom is -0.474 e. The molecule has 1 atom stereocenters. The van der Waals surface area contributed by atoms with Crippen LogP contribution in [0.15, 0.2) is 36.5 Å². The van der Waals surface area contributed by atoms with E-state index < -0.39 is 17.9 Å². The van der Waals surface area contributed by atoms with Crippen LogP contribution in [-0.4, -0.2) is 40.3 Å². The summed E-state index contributed by atoms with van der Waals surface area (Å²) in [4.78, 5) is 35.3. The third-order valence-electron chi connectivity index (χ3n) is 2.96. The molecule has 0 saturated carbocycles. The van der Waals surface area contributed by atoms with E-state index in [4.69, 9.17) is 5.11 Å². The second-order valence-electron chi connectivity index (χ2n) is 4.16. The van der Waals surface area contributed by atoms with Crippen LogP contribution in [0.2, 0.25) is 0 Å². The van der Waals surface area contributed by atoms with Crippen LogP contribution in [0.25, 0.3) is 0 Å². The smallest absolute Gasteiger partial charge is 0.394 e. The normalized spacial score (nSPS) is 19.1. The van der Waals surface area contributed by atoms with Crippen LogP contribution in [0.4, 0.5) is 0 Å². The zero-order valence-corrected chi connectivity index (χ0v) is 10.8. The molecule has 5 nitrogen and oxygen atoms in total. The van der Waals surface area contributed by atoms with Crippen molar-refractivity contribution in [1.82, 2.24) is 4.90 Å². The molecule has 0 bridgehead atoms. The Hall–Kier alpha value is -2.17. The number of allylic oxidation sites excluding steroid dienone is 4. The summed E-state index contributed by atoms with van der Waals surface area (Å²) in [5.74, 6) is -2.70. The lowest BCUT2D eigenvalue weighted by Gasteiger charge is -2.30. The molecule has 19 heavy (non-hydrogen) atoms. The van der Waals surface area contributed by atoms with Gasteiger partial charge in [-0.1, -0.05) is 30.9 Å². The molecule has 0 aromatic carbocycles. The number of Topliss-reactive ketones (excluding diaryl/α,β-unsaturated/α-hetero) is 1. The fraction of sp³-hybridized carbons (Fsp3) is 0.357. The van der Waals surface area contributed by atoms with Gasteiger partial charge in [-0.25, -0.2) is 4.79 Å². The molecular formula is C14H17NO4. The van der Waals surface area contributed by atoms with E-state index in [1.807, 2.05) is 6.08 Å². The van der Waals surface area contributed by atoms with Crippen LogP contribution in [-0.2, 0) is 14.4 Å². The summed E-state index contributed by atoms with van der Waals surface area (Å²) >= 11 is 0. The minimum atomic E-state index is -1.53. The van der Waals surface area contributed by atoms with E-state index in [0.29, 0.717) is 6.42 Å². The lowest BCUT2D eigenvalue weighted by molar-refractivity contribution is -0.158. The Morgan fingerprint density at radius 1 is 1.58 bits per heavy atom. The Labute approximate surface area is 111 Å². The number of hydrogen-bond donors (Lipinski definition) is 1. The standard InChI is InChI=1S/C14H17NO4/c1-3-5-6-10-7-8-11(12(16)9-10)15(4-2)13(17)14(18)19/h3,5-7,11H,1,4,8-9H2,2H3,(H,18,19)/b6-5-. The van der Waals surface area contributed by atoms with Gasteiger partial charge in [-0.15, -0.1) is 0 Å². The lowest BCUT2D eigenvalue weighted by Crippen LogP contribution is -2.48. The van der Waals surface area contributed by atoms with Crippen molar-refractivity contribution >= 4 is 17.7 Å². The monoisotopic (exact) mass is 263 g/mol. The number of likely N-dealkylation sites (N-methyl/N-ethyl adjacent to an activating group) is 1. The summed E-state index contributed by atoms with van der Waals surface area (Å²) in [6, 6.07) is -0.672. The van der Waals surface area contributed by atoms with Crippen molar-refractivity contribution < 1.29 is 19.5 Å². The molecule has 1 aliphatic carbocycles. The second kappa shape index (κ2) is 6.68. The molecule has 1 aliphatic rings. The van der Waals surface area contributed by atoms with Crippen molar-refractivity contribution in [2.75, 3.05) is 6.54 Å². The summed E-state index contributed by atoms with van der Waals surface area (Å²) in [5, 5.41) is 8.73. The van der Waals surface area contributed by atoms with Crippen LogP contribution in [0.1, 0.15) is 19.8 Å². The van der Waals surface area contributed by atoms with E-state index >= 15 is 0 Å². The number of hydrogen-bond acceptors (Lipinski definition) is 3. The number of carbonyl (C=O) groups excluding carboxylic acids is 2. The molecule has 0 saturated heterocycles. The first-order chi connectivity index (χ1) is 9.01. The number of aliphatic carboxylic acids is 1. The first-order valence-electron chi connectivity index (χ1n) is 6.06. The number of carboxylic acid groups (broad SMARTS) is 1. The Balaban J connectivity index is 2.86. The molecule has 5 heteroatoms. The molecule has 0 aromatic rings. The molecule has 102 valence electrons. The van der Waals surface area contributed by atoms with E-state index in [0.717, 1.165) is 10.5 Å². The van der Waals surface area contributed by atoms with Gasteiger partial charge in [0.1, 0.15) is 0 Å². The molecule has 0 spiro atoms. The van der Waals surface area contributed by atoms with E-state index in [-0.39, 0.29) is 18.7 Å². The minimum absolute atomic E-state index is 0.136. The number of amides is 1. The van der Waals surface area contributed by atoms with Gasteiger partial charge >= 0.3 is 11.9 Å². The highest BCUT2D eigenvalue weighted by Crippen LogP contribution is 2.20. The maximum atomic E-state index is 12.0. The van der Waals surface area contributed by atoms with Crippen molar-refractivity contribution in [2.45, 2.75) is 25.8 Å². The number of nitrogens with zero attached hydrogens (tertiary/aromatic N) is 1. The molecule has 0 aliphatic heterocycles. The molecule has 1 N–H and O–H groups in total. The molecule has 1 amide bonds. The van der Waals surface area contributed by atoms with Crippen molar-refractivity contribution in [2.24, 2.45) is 0 Å². The third-order valence-corrected chi connectivity index (χ3v) is 2.96. The van der Waals surface area contributed by atoms with E-state index in [9.17, 15) is 14.4 Å². The van der Waals surface area contributed by atoms with E-state index in [1.54, 1.807) is 25.2 Å². The van der Waals surface area contributed by atoms with Crippen molar-refractivity contribution in [3.63, 3.8) is 0 Å². The lowest BCUT2D eigenvalue weighted by atomic mass is 9.92. The largest absolute Gasteiger partial charge is 0.474 e. The second-order valence-corrected chi connectivity index (χ2v) is 4.16. The van der Waals surface area contributed by atoms with Crippen molar-refractivity contribution in [3.8, 4) is 0 Å². The van der Waals surface area contributed by atoms with Gasteiger partial charge in [-0.3, -0.25) is 9.59 Å². The molecule has 0 radical (unpaired) electrons. The highest BCUT2D eigenvalue weighted by molar-refractivity contribution is 6.31.